The maximum Gasteiger partial charge on any atom is 0.266 e. The summed E-state index contributed by atoms with van der Waals surface area (Å²) in [6.45, 7) is 6.79. The van der Waals surface area contributed by atoms with Crippen LogP contribution in [0.1, 0.15) is 5.89 Å². The molecule has 2 aromatic heterocycles. The first-order valence-electron chi connectivity index (χ1n) is 9.62. The van der Waals surface area contributed by atoms with E-state index in [1.54, 1.807) is 14.0 Å². The first kappa shape index (κ1) is 18.9. The second kappa shape index (κ2) is 7.88. The van der Waals surface area contributed by atoms with Gasteiger partial charge in [-0.05, 0) is 25.3 Å². The predicted molar refractivity (Wildman–Crippen MR) is 106 cm³/mol. The second-order valence-electron chi connectivity index (χ2n) is 7.51. The largest absolute Gasteiger partial charge is 0.378 e. The van der Waals surface area contributed by atoms with E-state index in [2.05, 4.69) is 48.8 Å². The molecule has 2 aliphatic heterocycles. The number of nitrogens with zero attached hydrogens (tertiary/aromatic N) is 8. The molecule has 0 saturated carbocycles. The van der Waals surface area contributed by atoms with Gasteiger partial charge in [0.15, 0.2) is 0 Å². The van der Waals surface area contributed by atoms with Crippen LogP contribution in [0.4, 0.5) is 17.7 Å². The fourth-order valence-corrected chi connectivity index (χ4v) is 3.86. The molecule has 2 saturated heterocycles. The topological polar surface area (TPSA) is 86.9 Å². The van der Waals surface area contributed by atoms with Gasteiger partial charge in [-0.1, -0.05) is 0 Å². The lowest BCUT2D eigenvalue weighted by Crippen LogP contribution is -2.47. The van der Waals surface area contributed by atoms with Gasteiger partial charge >= 0.3 is 0 Å². The van der Waals surface area contributed by atoms with Gasteiger partial charge in [-0.15, -0.1) is 0 Å². The van der Waals surface area contributed by atoms with Gasteiger partial charge < -0.3 is 28.9 Å². The molecule has 2 atom stereocenters. The summed E-state index contributed by atoms with van der Waals surface area (Å²) in [6, 6.07) is 2.33. The van der Waals surface area contributed by atoms with Gasteiger partial charge in [0.2, 0.25) is 11.8 Å². The highest BCUT2D eigenvalue weighted by Gasteiger charge is 2.35. The number of methoxy groups -OCH3 is 1. The maximum absolute atomic E-state index is 5.68. The zero-order valence-electron chi connectivity index (χ0n) is 16.9. The van der Waals surface area contributed by atoms with Crippen molar-refractivity contribution in [2.75, 3.05) is 75.2 Å². The van der Waals surface area contributed by atoms with Crippen LogP contribution in [0.5, 0.6) is 0 Å². The lowest BCUT2D eigenvalue weighted by atomic mass is 10.2. The third kappa shape index (κ3) is 3.74. The summed E-state index contributed by atoms with van der Waals surface area (Å²) < 4.78 is 10.8. The van der Waals surface area contributed by atoms with Gasteiger partial charge in [0, 0.05) is 59.5 Å². The van der Waals surface area contributed by atoms with Crippen LogP contribution >= 0.6 is 0 Å². The van der Waals surface area contributed by atoms with Gasteiger partial charge in [-0.3, -0.25) is 0 Å². The van der Waals surface area contributed by atoms with Crippen LogP contribution in [0.25, 0.3) is 0 Å². The second-order valence-corrected chi connectivity index (χ2v) is 7.51. The summed E-state index contributed by atoms with van der Waals surface area (Å²) >= 11 is 0. The number of anilines is 3. The van der Waals surface area contributed by atoms with Gasteiger partial charge in [0.25, 0.3) is 5.95 Å². The van der Waals surface area contributed by atoms with E-state index in [4.69, 9.17) is 14.2 Å². The monoisotopic (exact) mass is 388 g/mol. The molecule has 0 aromatic carbocycles. The minimum absolute atomic E-state index is 0.176. The van der Waals surface area contributed by atoms with Crippen molar-refractivity contribution in [3.8, 4) is 0 Å². The Labute approximate surface area is 165 Å². The van der Waals surface area contributed by atoms with E-state index in [-0.39, 0.29) is 6.10 Å². The van der Waals surface area contributed by atoms with E-state index in [1.165, 1.54) is 0 Å². The Balaban J connectivity index is 1.42. The van der Waals surface area contributed by atoms with Crippen molar-refractivity contribution < 1.29 is 9.26 Å². The van der Waals surface area contributed by atoms with Crippen molar-refractivity contribution in [3.63, 3.8) is 0 Å². The molecule has 0 N–H and O–H groups in total. The van der Waals surface area contributed by atoms with Crippen molar-refractivity contribution in [1.82, 2.24) is 25.0 Å². The molecule has 0 bridgehead atoms. The zero-order chi connectivity index (χ0) is 19.7. The van der Waals surface area contributed by atoms with E-state index in [0.717, 1.165) is 51.0 Å². The van der Waals surface area contributed by atoms with E-state index < -0.39 is 0 Å². The summed E-state index contributed by atoms with van der Waals surface area (Å²) in [4.78, 5) is 22.5. The average Bonchev–Trinajstić information content (AvgIpc) is 3.35. The Morgan fingerprint density at radius 3 is 2.32 bits per heavy atom. The van der Waals surface area contributed by atoms with Crippen LogP contribution in [-0.2, 0) is 4.74 Å². The van der Waals surface area contributed by atoms with Gasteiger partial charge in [-0.25, -0.2) is 4.98 Å². The molecular formula is C18H28N8O2. The van der Waals surface area contributed by atoms with E-state index in [9.17, 15) is 0 Å². The van der Waals surface area contributed by atoms with Crippen LogP contribution in [0.15, 0.2) is 16.8 Å². The number of piperazine rings is 1. The molecule has 2 fully saturated rings. The summed E-state index contributed by atoms with van der Waals surface area (Å²) in [6.07, 6.45) is 2.02. The number of rotatable bonds is 5. The van der Waals surface area contributed by atoms with E-state index in [1.807, 2.05) is 12.3 Å². The number of hydrogen-bond donors (Lipinski definition) is 0. The fraction of sp³-hybridized carbons (Fsp3) is 0.667. The molecule has 0 amide bonds. The normalized spacial score (nSPS) is 23.1. The molecule has 2 aliphatic rings. The highest BCUT2D eigenvalue weighted by Crippen LogP contribution is 2.24. The maximum atomic E-state index is 5.68. The Morgan fingerprint density at radius 1 is 1.04 bits per heavy atom. The van der Waals surface area contributed by atoms with E-state index in [0.29, 0.717) is 17.9 Å². The van der Waals surface area contributed by atoms with Crippen LogP contribution < -0.4 is 14.7 Å². The number of hydrogen-bond acceptors (Lipinski definition) is 10. The SMILES string of the molecule is CO[C@@H]1CN(c2ccnc(N3CCN(c4noc(C)n4)CC3)n2)C[C@@H]1N(C)C. The third-order valence-corrected chi connectivity index (χ3v) is 5.52. The highest BCUT2D eigenvalue weighted by atomic mass is 16.5. The summed E-state index contributed by atoms with van der Waals surface area (Å²) in [7, 11) is 5.97. The molecule has 0 unspecified atom stereocenters. The lowest BCUT2D eigenvalue weighted by molar-refractivity contribution is 0.0639. The molecule has 4 heterocycles. The van der Waals surface area contributed by atoms with Crippen LogP contribution in [0, 0.1) is 6.92 Å². The van der Waals surface area contributed by atoms with Crippen LogP contribution in [0.3, 0.4) is 0 Å². The Hall–Kier alpha value is -2.46. The predicted octanol–water partition coefficient (Wildman–Crippen LogP) is 0.260. The molecule has 28 heavy (non-hydrogen) atoms. The Kier molecular flexibility index (Phi) is 5.31. The molecule has 0 aliphatic carbocycles. The molecule has 4 rings (SSSR count). The lowest BCUT2D eigenvalue weighted by Gasteiger charge is -2.34. The first-order chi connectivity index (χ1) is 13.5. The molecule has 10 nitrogen and oxygen atoms in total. The van der Waals surface area contributed by atoms with E-state index >= 15 is 0 Å². The van der Waals surface area contributed by atoms with Crippen molar-refractivity contribution >= 4 is 17.7 Å². The quantitative estimate of drug-likeness (QED) is 0.711. The van der Waals surface area contributed by atoms with Crippen molar-refractivity contribution in [2.45, 2.75) is 19.1 Å². The van der Waals surface area contributed by atoms with Crippen LogP contribution in [0.2, 0.25) is 0 Å². The Bertz CT molecular complexity index is 789. The molecule has 0 radical (unpaired) electrons. The van der Waals surface area contributed by atoms with Crippen molar-refractivity contribution in [1.29, 1.82) is 0 Å². The summed E-state index contributed by atoms with van der Waals surface area (Å²) in [5, 5.41) is 4.01. The fourth-order valence-electron chi connectivity index (χ4n) is 3.86. The summed E-state index contributed by atoms with van der Waals surface area (Å²) in [5.41, 5.74) is 0. The summed E-state index contributed by atoms with van der Waals surface area (Å²) in [5.74, 6) is 2.96. The zero-order valence-corrected chi connectivity index (χ0v) is 16.9. The standard InChI is InChI=1S/C18H28N8O2/c1-13-20-18(22-28-13)25-9-7-24(8-10-25)17-19-6-5-16(21-17)26-11-14(23(2)3)15(12-26)27-4/h5-6,14-15H,7-12H2,1-4H3/t14-,15+/m0/s1. The molecule has 152 valence electrons. The average molecular weight is 388 g/mol. The number of ether oxygens (including phenoxy) is 1. The van der Waals surface area contributed by atoms with Gasteiger partial charge in [0.05, 0.1) is 12.1 Å². The van der Waals surface area contributed by atoms with Gasteiger partial charge in [0.1, 0.15) is 5.82 Å². The van der Waals surface area contributed by atoms with Crippen molar-refractivity contribution in [3.05, 3.63) is 18.2 Å². The minimum Gasteiger partial charge on any atom is -0.378 e. The van der Waals surface area contributed by atoms with Crippen molar-refractivity contribution in [2.24, 2.45) is 0 Å². The minimum atomic E-state index is 0.176. The molecular weight excluding hydrogens is 360 g/mol. The van der Waals surface area contributed by atoms with Gasteiger partial charge in [-0.2, -0.15) is 9.97 Å². The number of aromatic nitrogens is 4. The van der Waals surface area contributed by atoms with Crippen LogP contribution in [-0.4, -0.2) is 97.6 Å². The number of likely N-dealkylation sites (N-methyl/N-ethyl adjacent to an activating group) is 1. The molecule has 2 aromatic rings. The first-order valence-corrected chi connectivity index (χ1v) is 9.62. The Morgan fingerprint density at radius 2 is 1.75 bits per heavy atom. The molecule has 10 heteroatoms. The molecule has 0 spiro atoms. The number of aryl methyl sites for hydroxylation is 1. The third-order valence-electron chi connectivity index (χ3n) is 5.52. The smallest absolute Gasteiger partial charge is 0.266 e. The highest BCUT2D eigenvalue weighted by molar-refractivity contribution is 5.46.